The monoisotopic (exact) mass is 482 g/mol. The van der Waals surface area contributed by atoms with Gasteiger partial charge in [-0.25, -0.2) is 0 Å². The van der Waals surface area contributed by atoms with Gasteiger partial charge in [-0.3, -0.25) is 4.79 Å². The predicted octanol–water partition coefficient (Wildman–Crippen LogP) is 3.85. The van der Waals surface area contributed by atoms with Gasteiger partial charge in [0, 0.05) is 31.5 Å². The molecule has 9 heteroatoms. The van der Waals surface area contributed by atoms with Gasteiger partial charge in [0.15, 0.2) is 11.5 Å². The zero-order valence-electron chi connectivity index (χ0n) is 20.7. The number of methoxy groups -OCH3 is 3. The third-order valence-electron chi connectivity index (χ3n) is 5.65. The molecule has 188 valence electrons. The Morgan fingerprint density at radius 2 is 1.71 bits per heavy atom. The van der Waals surface area contributed by atoms with Gasteiger partial charge in [-0.1, -0.05) is 41.9 Å². The molecular formula is C26H34N4O5. The van der Waals surface area contributed by atoms with Crippen molar-refractivity contribution in [1.82, 2.24) is 15.0 Å². The molecule has 0 aliphatic carbocycles. The van der Waals surface area contributed by atoms with Crippen LogP contribution in [0.5, 0.6) is 17.2 Å². The van der Waals surface area contributed by atoms with Gasteiger partial charge in [-0.05, 0) is 37.1 Å². The Morgan fingerprint density at radius 3 is 2.34 bits per heavy atom. The summed E-state index contributed by atoms with van der Waals surface area (Å²) in [6, 6.07) is 13.5. The fourth-order valence-corrected chi connectivity index (χ4v) is 3.77. The molecular weight excluding hydrogens is 448 g/mol. The van der Waals surface area contributed by atoms with E-state index in [1.54, 1.807) is 33.5 Å². The molecule has 35 heavy (non-hydrogen) atoms. The van der Waals surface area contributed by atoms with E-state index in [4.69, 9.17) is 24.5 Å². The summed E-state index contributed by atoms with van der Waals surface area (Å²) in [4.78, 5) is 19.3. The van der Waals surface area contributed by atoms with Gasteiger partial charge < -0.3 is 29.4 Å². The molecule has 0 spiro atoms. The van der Waals surface area contributed by atoms with Crippen LogP contribution in [0.3, 0.4) is 0 Å². The SMILES string of the molecule is COc1cc(-c2noc(CCN(Cc3ccccc3)C(=O)CCCCCN)n2)cc(OC)c1OC. The van der Waals surface area contributed by atoms with E-state index in [-0.39, 0.29) is 5.91 Å². The topological polar surface area (TPSA) is 113 Å². The first-order chi connectivity index (χ1) is 17.1. The number of amides is 1. The van der Waals surface area contributed by atoms with Crippen LogP contribution in [-0.4, -0.2) is 55.4 Å². The van der Waals surface area contributed by atoms with E-state index >= 15 is 0 Å². The third kappa shape index (κ3) is 7.19. The summed E-state index contributed by atoms with van der Waals surface area (Å²) >= 11 is 0. The summed E-state index contributed by atoms with van der Waals surface area (Å²) in [6.45, 7) is 1.65. The minimum Gasteiger partial charge on any atom is -0.493 e. The number of nitrogens with zero attached hydrogens (tertiary/aromatic N) is 3. The number of benzene rings is 2. The van der Waals surface area contributed by atoms with E-state index in [1.807, 2.05) is 35.2 Å². The quantitative estimate of drug-likeness (QED) is 0.345. The molecule has 9 nitrogen and oxygen atoms in total. The standard InChI is InChI=1S/C26H34N4O5/c1-32-21-16-20(17-22(33-2)25(21)34-3)26-28-23(35-29-26)13-15-30(18-19-10-6-4-7-11-19)24(31)12-8-5-9-14-27/h4,6-7,10-11,16-17H,5,8-9,12-15,18,27H2,1-3H3. The Hall–Kier alpha value is -3.59. The molecule has 3 aromatic rings. The fourth-order valence-electron chi connectivity index (χ4n) is 3.77. The Kier molecular flexibility index (Phi) is 9.92. The molecule has 1 heterocycles. The van der Waals surface area contributed by atoms with Crippen molar-refractivity contribution in [1.29, 1.82) is 0 Å². The predicted molar refractivity (Wildman–Crippen MR) is 132 cm³/mol. The lowest BCUT2D eigenvalue weighted by Gasteiger charge is -2.22. The molecule has 1 amide bonds. The number of carbonyl (C=O) groups excluding carboxylic acids is 1. The molecule has 0 saturated carbocycles. The van der Waals surface area contributed by atoms with E-state index in [9.17, 15) is 4.79 Å². The van der Waals surface area contributed by atoms with Gasteiger partial charge in [0.2, 0.25) is 23.4 Å². The van der Waals surface area contributed by atoms with E-state index in [1.165, 1.54) is 0 Å². The van der Waals surface area contributed by atoms with Gasteiger partial charge in [0.1, 0.15) is 0 Å². The van der Waals surface area contributed by atoms with Crippen LogP contribution in [0.1, 0.15) is 37.1 Å². The smallest absolute Gasteiger partial charge is 0.228 e. The van der Waals surface area contributed by atoms with Crippen LogP contribution >= 0.6 is 0 Å². The molecule has 0 bridgehead atoms. The number of aromatic nitrogens is 2. The Labute approximate surface area is 206 Å². The average Bonchev–Trinajstić information content (AvgIpc) is 3.37. The number of carbonyl (C=O) groups is 1. The lowest BCUT2D eigenvalue weighted by atomic mass is 10.1. The van der Waals surface area contributed by atoms with Crippen LogP contribution in [0, 0.1) is 0 Å². The Morgan fingerprint density at radius 1 is 1.00 bits per heavy atom. The van der Waals surface area contributed by atoms with Crippen LogP contribution in [-0.2, 0) is 17.8 Å². The minimum absolute atomic E-state index is 0.107. The van der Waals surface area contributed by atoms with Crippen LogP contribution in [0.15, 0.2) is 47.0 Å². The third-order valence-corrected chi connectivity index (χ3v) is 5.65. The van der Waals surface area contributed by atoms with Crippen molar-refractivity contribution in [3.8, 4) is 28.6 Å². The first kappa shape index (κ1) is 26.0. The van der Waals surface area contributed by atoms with Crippen molar-refractivity contribution >= 4 is 5.91 Å². The molecule has 3 rings (SSSR count). The number of nitrogens with two attached hydrogens (primary N) is 1. The second kappa shape index (κ2) is 13.3. The van der Waals surface area contributed by atoms with Crippen LogP contribution in [0.25, 0.3) is 11.4 Å². The van der Waals surface area contributed by atoms with Crippen molar-refractivity contribution in [2.45, 2.75) is 38.6 Å². The van der Waals surface area contributed by atoms with E-state index in [0.717, 1.165) is 24.8 Å². The first-order valence-electron chi connectivity index (χ1n) is 11.7. The summed E-state index contributed by atoms with van der Waals surface area (Å²) in [5, 5.41) is 4.12. The summed E-state index contributed by atoms with van der Waals surface area (Å²) in [5.74, 6) is 2.45. The minimum atomic E-state index is 0.107. The first-order valence-corrected chi connectivity index (χ1v) is 11.7. The molecule has 0 unspecified atom stereocenters. The second-order valence-corrected chi connectivity index (χ2v) is 8.08. The molecule has 2 N–H and O–H groups in total. The van der Waals surface area contributed by atoms with E-state index in [0.29, 0.717) is 67.0 Å². The van der Waals surface area contributed by atoms with Gasteiger partial charge in [0.25, 0.3) is 0 Å². The molecule has 0 atom stereocenters. The largest absolute Gasteiger partial charge is 0.493 e. The van der Waals surface area contributed by atoms with Gasteiger partial charge in [0.05, 0.1) is 21.3 Å². The van der Waals surface area contributed by atoms with Crippen LogP contribution in [0.2, 0.25) is 0 Å². The number of ether oxygens (including phenoxy) is 3. The highest BCUT2D eigenvalue weighted by Crippen LogP contribution is 2.40. The number of rotatable bonds is 14. The van der Waals surface area contributed by atoms with Crippen molar-refractivity contribution in [2.75, 3.05) is 34.4 Å². The molecule has 1 aromatic heterocycles. The van der Waals surface area contributed by atoms with Gasteiger partial charge in [-0.2, -0.15) is 4.98 Å². The average molecular weight is 483 g/mol. The molecule has 2 aromatic carbocycles. The highest BCUT2D eigenvalue weighted by molar-refractivity contribution is 5.76. The summed E-state index contributed by atoms with van der Waals surface area (Å²) in [7, 11) is 4.65. The maximum absolute atomic E-state index is 12.9. The van der Waals surface area contributed by atoms with Crippen molar-refractivity contribution in [3.63, 3.8) is 0 Å². The zero-order valence-corrected chi connectivity index (χ0v) is 20.7. The summed E-state index contributed by atoms with van der Waals surface area (Å²) < 4.78 is 21.7. The fraction of sp³-hybridized carbons (Fsp3) is 0.423. The van der Waals surface area contributed by atoms with Crippen LogP contribution in [0.4, 0.5) is 0 Å². The Balaban J connectivity index is 1.71. The van der Waals surface area contributed by atoms with Gasteiger partial charge >= 0.3 is 0 Å². The molecule has 0 fully saturated rings. The summed E-state index contributed by atoms with van der Waals surface area (Å²) in [5.41, 5.74) is 7.32. The lowest BCUT2D eigenvalue weighted by molar-refractivity contribution is -0.132. The normalized spacial score (nSPS) is 10.7. The van der Waals surface area contributed by atoms with E-state index < -0.39 is 0 Å². The second-order valence-electron chi connectivity index (χ2n) is 8.08. The molecule has 0 radical (unpaired) electrons. The maximum Gasteiger partial charge on any atom is 0.228 e. The maximum atomic E-state index is 12.9. The van der Waals surface area contributed by atoms with Crippen molar-refractivity contribution < 1.29 is 23.5 Å². The van der Waals surface area contributed by atoms with Crippen molar-refractivity contribution in [3.05, 3.63) is 53.9 Å². The Bertz CT molecular complexity index is 1050. The molecule has 0 aliphatic heterocycles. The van der Waals surface area contributed by atoms with Crippen LogP contribution < -0.4 is 19.9 Å². The number of hydrogen-bond acceptors (Lipinski definition) is 8. The highest BCUT2D eigenvalue weighted by Gasteiger charge is 2.19. The zero-order chi connectivity index (χ0) is 25.0. The number of unbranched alkanes of at least 4 members (excludes halogenated alkanes) is 2. The van der Waals surface area contributed by atoms with Gasteiger partial charge in [-0.15, -0.1) is 0 Å². The number of hydrogen-bond donors (Lipinski definition) is 1. The lowest BCUT2D eigenvalue weighted by Crippen LogP contribution is -2.32. The van der Waals surface area contributed by atoms with Crippen molar-refractivity contribution in [2.24, 2.45) is 5.73 Å². The molecule has 0 aliphatic rings. The molecule has 0 saturated heterocycles. The van der Waals surface area contributed by atoms with E-state index in [2.05, 4.69) is 10.1 Å². The summed E-state index contributed by atoms with van der Waals surface area (Å²) in [6.07, 6.45) is 3.64. The highest BCUT2D eigenvalue weighted by atomic mass is 16.5.